The van der Waals surface area contributed by atoms with Crippen LogP contribution in [-0.2, 0) is 6.42 Å². The van der Waals surface area contributed by atoms with Crippen molar-refractivity contribution in [3.63, 3.8) is 0 Å². The summed E-state index contributed by atoms with van der Waals surface area (Å²) in [6.07, 6.45) is 0.764. The highest BCUT2D eigenvalue weighted by atomic mass is 16.2. The van der Waals surface area contributed by atoms with Gasteiger partial charge in [-0.3, -0.25) is 48.2 Å². The molecule has 12 nitrogen and oxygen atoms in total. The van der Waals surface area contributed by atoms with Crippen molar-refractivity contribution in [3.05, 3.63) is 209 Å². The van der Waals surface area contributed by atoms with Gasteiger partial charge in [-0.05, 0) is 201 Å². The smallest absolute Gasteiger partial charge is 0.266 e. The van der Waals surface area contributed by atoms with Gasteiger partial charge in [-0.1, -0.05) is 54.6 Å². The molecule has 7 aromatic rings. The van der Waals surface area contributed by atoms with Crippen LogP contribution in [0.15, 0.2) is 103 Å². The summed E-state index contributed by atoms with van der Waals surface area (Å²) in [6, 6.07) is 30.9. The first-order chi connectivity index (χ1) is 35.1. The molecule has 0 aliphatic carbocycles. The Morgan fingerprint density at radius 2 is 0.568 bits per heavy atom. The van der Waals surface area contributed by atoms with E-state index >= 15 is 0 Å². The third kappa shape index (κ3) is 7.59. The number of hydrogen-bond acceptors (Lipinski definition) is 8. The van der Waals surface area contributed by atoms with Crippen LogP contribution in [0.3, 0.4) is 0 Å². The predicted molar refractivity (Wildman–Crippen MR) is 284 cm³/mol. The quantitative estimate of drug-likeness (QED) is 0.150. The molecule has 0 atom stereocenters. The zero-order valence-corrected chi connectivity index (χ0v) is 43.1. The van der Waals surface area contributed by atoms with E-state index in [4.69, 9.17) is 0 Å². The largest absolute Gasteiger partial charge is 0.277 e. The maximum absolute atomic E-state index is 13.7. The van der Waals surface area contributed by atoms with Crippen LogP contribution in [0, 0.1) is 62.3 Å². The summed E-state index contributed by atoms with van der Waals surface area (Å²) in [4.78, 5) is 108. The second kappa shape index (κ2) is 17.7. The molecular formula is C62H52N4O8. The molecule has 0 aromatic heterocycles. The highest BCUT2D eigenvalue weighted by molar-refractivity contribution is 6.36. The first kappa shape index (κ1) is 48.7. The average Bonchev–Trinajstić information content (AvgIpc) is 3.94. The van der Waals surface area contributed by atoms with Gasteiger partial charge in [0.1, 0.15) is 0 Å². The Labute approximate surface area is 428 Å². The lowest BCUT2D eigenvalue weighted by Gasteiger charge is -2.22. The molecule has 4 aliphatic rings. The van der Waals surface area contributed by atoms with E-state index in [2.05, 4.69) is 45.0 Å². The van der Waals surface area contributed by atoms with Gasteiger partial charge in [0.15, 0.2) is 0 Å². The van der Waals surface area contributed by atoms with Crippen molar-refractivity contribution in [1.82, 2.24) is 9.80 Å². The van der Waals surface area contributed by atoms with Crippen molar-refractivity contribution in [1.29, 1.82) is 0 Å². The third-order valence-corrected chi connectivity index (χ3v) is 15.3. The Hall–Kier alpha value is -8.90. The van der Waals surface area contributed by atoms with Crippen LogP contribution in [-0.4, -0.2) is 71.2 Å². The summed E-state index contributed by atoms with van der Waals surface area (Å²) in [5, 5.41) is 0. The summed E-state index contributed by atoms with van der Waals surface area (Å²) in [5.41, 5.74) is 18.6. The SMILES string of the molecule is Cc1cc(C)c(N2C(=O)c3ccc(-c4ccc5c(c4)C(=O)N(C)C5=O)cc3C2=O)c(C)c1C.Cc1cc(Cc2cc(C)c(N3C(=O)c4ccc(-c5ccc6c(c5)C(=O)N(C)C6=O)cc4C3=O)c(C)c2)cc(C)c1C. The normalized spacial score (nSPS) is 14.6. The molecular weight excluding hydrogens is 929 g/mol. The maximum Gasteiger partial charge on any atom is 0.266 e. The second-order valence-electron chi connectivity index (χ2n) is 20.0. The zero-order chi connectivity index (χ0) is 53.1. The Balaban J connectivity index is 0.000000173. The Morgan fingerprint density at radius 3 is 0.959 bits per heavy atom. The average molecular weight is 981 g/mol. The minimum absolute atomic E-state index is 0.320. The molecule has 12 heteroatoms. The molecule has 0 unspecified atom stereocenters. The lowest BCUT2D eigenvalue weighted by Crippen LogP contribution is -2.31. The predicted octanol–water partition coefficient (Wildman–Crippen LogP) is 11.1. The number of imide groups is 4. The number of aryl methyl sites for hydroxylation is 6. The van der Waals surface area contributed by atoms with Crippen LogP contribution < -0.4 is 9.80 Å². The number of amides is 8. The van der Waals surface area contributed by atoms with E-state index in [-0.39, 0.29) is 47.3 Å². The summed E-state index contributed by atoms with van der Waals surface area (Å²) in [7, 11) is 2.91. The minimum atomic E-state index is -0.372. The van der Waals surface area contributed by atoms with Crippen molar-refractivity contribution < 1.29 is 38.4 Å². The third-order valence-electron chi connectivity index (χ3n) is 15.3. The van der Waals surface area contributed by atoms with Crippen LogP contribution in [0.25, 0.3) is 22.3 Å². The van der Waals surface area contributed by atoms with Crippen molar-refractivity contribution in [2.24, 2.45) is 0 Å². The van der Waals surface area contributed by atoms with Gasteiger partial charge in [0, 0.05) is 14.1 Å². The summed E-state index contributed by atoms with van der Waals surface area (Å²) < 4.78 is 0. The van der Waals surface area contributed by atoms with Crippen LogP contribution >= 0.6 is 0 Å². The molecule has 11 rings (SSSR count). The Kier molecular flexibility index (Phi) is 11.6. The minimum Gasteiger partial charge on any atom is -0.277 e. The number of carbonyl (C=O) groups is 8. The molecule has 0 radical (unpaired) electrons. The van der Waals surface area contributed by atoms with E-state index in [9.17, 15) is 38.4 Å². The standard InChI is InChI=1S/C35H30N2O4.C27H22N2O4/c1-18-11-23(12-19(2)22(18)5)15-24-13-20(3)31(21(4)14-24)37-34(40)28-10-8-26(17-30(28)35(37)41)25-7-9-27-29(16-25)33(39)36(6)32(27)38;1-13-10-14(2)23(16(4)15(13)3)29-26(32)20-9-7-18(12-22(20)27(29)33)17-6-8-19-21(11-17)25(31)28(5)24(19)30/h7-14,16-17H,15H2,1-6H3;6-12H,1-5H3. The monoisotopic (exact) mass is 980 g/mol. The van der Waals surface area contributed by atoms with E-state index in [1.165, 1.54) is 46.1 Å². The van der Waals surface area contributed by atoms with E-state index < -0.39 is 0 Å². The zero-order valence-electron chi connectivity index (χ0n) is 43.1. The van der Waals surface area contributed by atoms with Gasteiger partial charge in [-0.15, -0.1) is 0 Å². The molecule has 0 fully saturated rings. The molecule has 8 amide bonds. The molecule has 0 saturated heterocycles. The number of carbonyl (C=O) groups excluding carboxylic acids is 8. The first-order valence-corrected chi connectivity index (χ1v) is 24.3. The number of hydrogen-bond donors (Lipinski definition) is 0. The second-order valence-corrected chi connectivity index (χ2v) is 20.0. The fourth-order valence-corrected chi connectivity index (χ4v) is 10.9. The molecule has 4 aliphatic heterocycles. The van der Waals surface area contributed by atoms with Gasteiger partial charge in [0.2, 0.25) is 0 Å². The van der Waals surface area contributed by atoms with E-state index in [1.807, 2.05) is 47.6 Å². The number of rotatable bonds is 6. The number of anilines is 2. The number of benzene rings is 7. The van der Waals surface area contributed by atoms with Gasteiger partial charge >= 0.3 is 0 Å². The summed E-state index contributed by atoms with van der Waals surface area (Å²) >= 11 is 0. The molecule has 7 aromatic carbocycles. The number of nitrogens with zero attached hydrogens (tertiary/aromatic N) is 4. The van der Waals surface area contributed by atoms with Crippen molar-refractivity contribution in [2.75, 3.05) is 23.9 Å². The van der Waals surface area contributed by atoms with Gasteiger partial charge in [0.25, 0.3) is 47.3 Å². The lowest BCUT2D eigenvalue weighted by atomic mass is 9.94. The lowest BCUT2D eigenvalue weighted by molar-refractivity contribution is 0.0678. The maximum atomic E-state index is 13.7. The van der Waals surface area contributed by atoms with Gasteiger partial charge < -0.3 is 0 Å². The molecule has 0 bridgehead atoms. The van der Waals surface area contributed by atoms with E-state index in [0.29, 0.717) is 78.1 Å². The van der Waals surface area contributed by atoms with Crippen LogP contribution in [0.2, 0.25) is 0 Å². The molecule has 74 heavy (non-hydrogen) atoms. The highest BCUT2D eigenvalue weighted by Gasteiger charge is 2.41. The molecule has 0 saturated carbocycles. The van der Waals surface area contributed by atoms with Gasteiger partial charge in [0.05, 0.1) is 55.9 Å². The van der Waals surface area contributed by atoms with Crippen LogP contribution in [0.4, 0.5) is 11.4 Å². The van der Waals surface area contributed by atoms with Gasteiger partial charge in [-0.2, -0.15) is 0 Å². The topological polar surface area (TPSA) is 150 Å². The van der Waals surface area contributed by atoms with Gasteiger partial charge in [-0.25, -0.2) is 9.80 Å². The highest BCUT2D eigenvalue weighted by Crippen LogP contribution is 2.40. The molecule has 0 spiro atoms. The molecule has 368 valence electrons. The fourth-order valence-electron chi connectivity index (χ4n) is 10.9. The summed E-state index contributed by atoms with van der Waals surface area (Å²) in [5.74, 6) is -2.79. The van der Waals surface area contributed by atoms with Crippen molar-refractivity contribution in [2.45, 2.75) is 68.7 Å². The van der Waals surface area contributed by atoms with E-state index in [0.717, 1.165) is 55.2 Å². The number of fused-ring (bicyclic) bond motifs is 4. The van der Waals surface area contributed by atoms with Crippen LogP contribution in [0.1, 0.15) is 144 Å². The molecule has 0 N–H and O–H groups in total. The Morgan fingerprint density at radius 1 is 0.284 bits per heavy atom. The van der Waals surface area contributed by atoms with Crippen molar-refractivity contribution in [3.8, 4) is 22.3 Å². The Bertz CT molecular complexity index is 3760. The summed E-state index contributed by atoms with van der Waals surface area (Å²) in [6.45, 7) is 18.1. The van der Waals surface area contributed by atoms with Crippen LogP contribution in [0.5, 0.6) is 0 Å². The molecule has 4 heterocycles. The fraction of sp³-hybridized carbons (Fsp3) is 0.194. The van der Waals surface area contributed by atoms with Crippen molar-refractivity contribution >= 4 is 58.6 Å². The van der Waals surface area contributed by atoms with E-state index in [1.54, 1.807) is 72.8 Å². The first-order valence-electron chi connectivity index (χ1n) is 24.3.